The van der Waals surface area contributed by atoms with Crippen LogP contribution in [0.4, 0.5) is 0 Å². The number of aryl methyl sites for hydroxylation is 1. The van der Waals surface area contributed by atoms with Gasteiger partial charge in [-0.25, -0.2) is 9.97 Å². The van der Waals surface area contributed by atoms with Crippen molar-refractivity contribution in [1.82, 2.24) is 14.9 Å². The van der Waals surface area contributed by atoms with E-state index in [2.05, 4.69) is 30.7 Å². The van der Waals surface area contributed by atoms with Gasteiger partial charge in [0, 0.05) is 11.3 Å². The number of hydrogen-bond acceptors (Lipinski definition) is 3. The SMILES string of the molecule is CC(c1nc(Cl)c2c(n1)CCC(C)(C)C2)N(C)C. The number of aromatic nitrogens is 2. The fourth-order valence-electron chi connectivity index (χ4n) is 2.34. The molecule has 1 aliphatic carbocycles. The van der Waals surface area contributed by atoms with Crippen molar-refractivity contribution in [3.63, 3.8) is 0 Å². The second-order valence-electron chi connectivity index (χ2n) is 6.28. The molecule has 0 spiro atoms. The first-order valence-corrected chi connectivity index (χ1v) is 6.89. The number of fused-ring (bicyclic) bond motifs is 1. The maximum absolute atomic E-state index is 6.35. The van der Waals surface area contributed by atoms with Crippen molar-refractivity contribution < 1.29 is 0 Å². The minimum atomic E-state index is 0.197. The van der Waals surface area contributed by atoms with Crippen LogP contribution in [0.2, 0.25) is 5.15 Å². The zero-order chi connectivity index (χ0) is 13.5. The van der Waals surface area contributed by atoms with E-state index in [9.17, 15) is 0 Å². The van der Waals surface area contributed by atoms with Gasteiger partial charge in [0.2, 0.25) is 0 Å². The molecule has 3 nitrogen and oxygen atoms in total. The van der Waals surface area contributed by atoms with E-state index in [4.69, 9.17) is 16.6 Å². The lowest BCUT2D eigenvalue weighted by atomic mass is 9.76. The number of halogens is 1. The van der Waals surface area contributed by atoms with Gasteiger partial charge < -0.3 is 0 Å². The van der Waals surface area contributed by atoms with E-state index in [0.717, 1.165) is 29.9 Å². The Morgan fingerprint density at radius 2 is 1.94 bits per heavy atom. The van der Waals surface area contributed by atoms with Crippen molar-refractivity contribution in [1.29, 1.82) is 0 Å². The molecule has 18 heavy (non-hydrogen) atoms. The maximum Gasteiger partial charge on any atom is 0.147 e. The normalized spacial score (nSPS) is 19.7. The van der Waals surface area contributed by atoms with Crippen LogP contribution in [0.3, 0.4) is 0 Å². The minimum Gasteiger partial charge on any atom is -0.300 e. The summed E-state index contributed by atoms with van der Waals surface area (Å²) in [6.45, 7) is 6.66. The predicted molar refractivity (Wildman–Crippen MR) is 75.0 cm³/mol. The lowest BCUT2D eigenvalue weighted by Crippen LogP contribution is -2.26. The molecule has 100 valence electrons. The molecule has 1 unspecified atom stereocenters. The van der Waals surface area contributed by atoms with E-state index in [1.165, 1.54) is 6.42 Å². The van der Waals surface area contributed by atoms with Crippen molar-refractivity contribution in [2.24, 2.45) is 5.41 Å². The van der Waals surface area contributed by atoms with Crippen LogP contribution >= 0.6 is 11.6 Å². The summed E-state index contributed by atoms with van der Waals surface area (Å²) in [7, 11) is 4.06. The molecule has 0 radical (unpaired) electrons. The minimum absolute atomic E-state index is 0.197. The first-order chi connectivity index (χ1) is 8.30. The lowest BCUT2D eigenvalue weighted by Gasteiger charge is -2.31. The van der Waals surface area contributed by atoms with Gasteiger partial charge in [0.05, 0.1) is 6.04 Å². The van der Waals surface area contributed by atoms with Gasteiger partial charge in [0.15, 0.2) is 0 Å². The molecule has 1 aromatic heterocycles. The van der Waals surface area contributed by atoms with Crippen LogP contribution in [0.1, 0.15) is 50.3 Å². The van der Waals surface area contributed by atoms with Gasteiger partial charge in [0.25, 0.3) is 0 Å². The van der Waals surface area contributed by atoms with Crippen molar-refractivity contribution in [3.8, 4) is 0 Å². The Hall–Kier alpha value is -0.670. The molecule has 0 saturated heterocycles. The number of nitrogens with zero attached hydrogens (tertiary/aromatic N) is 3. The second-order valence-corrected chi connectivity index (χ2v) is 6.64. The number of hydrogen-bond donors (Lipinski definition) is 0. The Balaban J connectivity index is 2.39. The summed E-state index contributed by atoms with van der Waals surface area (Å²) in [5, 5.41) is 0.650. The average Bonchev–Trinajstić information content (AvgIpc) is 2.28. The second kappa shape index (κ2) is 4.78. The summed E-state index contributed by atoms with van der Waals surface area (Å²) in [5.74, 6) is 0.837. The monoisotopic (exact) mass is 267 g/mol. The highest BCUT2D eigenvalue weighted by Gasteiger charge is 2.29. The summed E-state index contributed by atoms with van der Waals surface area (Å²) in [5.41, 5.74) is 2.62. The quantitative estimate of drug-likeness (QED) is 0.770. The third kappa shape index (κ3) is 2.67. The molecule has 1 heterocycles. The molecule has 0 aromatic carbocycles. The van der Waals surface area contributed by atoms with Gasteiger partial charge >= 0.3 is 0 Å². The summed E-state index contributed by atoms with van der Waals surface area (Å²) in [4.78, 5) is 11.3. The van der Waals surface area contributed by atoms with Gasteiger partial charge in [-0.15, -0.1) is 0 Å². The predicted octanol–water partition coefficient (Wildman–Crippen LogP) is 3.27. The summed E-state index contributed by atoms with van der Waals surface area (Å²) in [6.07, 6.45) is 3.17. The largest absolute Gasteiger partial charge is 0.300 e. The first kappa shape index (κ1) is 13.8. The van der Waals surface area contributed by atoms with Crippen LogP contribution in [0, 0.1) is 5.41 Å². The number of rotatable bonds is 2. The summed E-state index contributed by atoms with van der Waals surface area (Å²) < 4.78 is 0. The molecular formula is C14H22ClN3. The van der Waals surface area contributed by atoms with Crippen LogP contribution in [0.15, 0.2) is 0 Å². The Labute approximate surface area is 115 Å². The van der Waals surface area contributed by atoms with E-state index in [0.29, 0.717) is 10.6 Å². The van der Waals surface area contributed by atoms with Gasteiger partial charge in [-0.1, -0.05) is 25.4 Å². The molecule has 0 fully saturated rings. The Bertz CT molecular complexity index is 455. The average molecular weight is 268 g/mol. The Kier molecular flexibility index (Phi) is 3.65. The molecule has 0 N–H and O–H groups in total. The van der Waals surface area contributed by atoms with Crippen LogP contribution in [-0.2, 0) is 12.8 Å². The molecule has 1 aliphatic rings. The smallest absolute Gasteiger partial charge is 0.147 e. The van der Waals surface area contributed by atoms with Gasteiger partial charge in [-0.3, -0.25) is 4.90 Å². The van der Waals surface area contributed by atoms with E-state index in [1.807, 2.05) is 14.1 Å². The van der Waals surface area contributed by atoms with Crippen molar-refractivity contribution in [2.45, 2.75) is 46.1 Å². The van der Waals surface area contributed by atoms with E-state index >= 15 is 0 Å². The zero-order valence-corrected chi connectivity index (χ0v) is 12.7. The first-order valence-electron chi connectivity index (χ1n) is 6.52. The Morgan fingerprint density at radius 1 is 1.28 bits per heavy atom. The van der Waals surface area contributed by atoms with Crippen molar-refractivity contribution >= 4 is 11.6 Å². The maximum atomic E-state index is 6.35. The molecule has 4 heteroatoms. The molecule has 1 aromatic rings. The molecule has 0 bridgehead atoms. The lowest BCUT2D eigenvalue weighted by molar-refractivity contribution is 0.297. The van der Waals surface area contributed by atoms with Gasteiger partial charge in [-0.05, 0) is 45.7 Å². The van der Waals surface area contributed by atoms with E-state index < -0.39 is 0 Å². The highest BCUT2D eigenvalue weighted by molar-refractivity contribution is 6.30. The van der Waals surface area contributed by atoms with E-state index in [1.54, 1.807) is 0 Å². The topological polar surface area (TPSA) is 29.0 Å². The molecule has 0 aliphatic heterocycles. The zero-order valence-electron chi connectivity index (χ0n) is 11.9. The van der Waals surface area contributed by atoms with Crippen molar-refractivity contribution in [2.75, 3.05) is 14.1 Å². The highest BCUT2D eigenvalue weighted by atomic mass is 35.5. The van der Waals surface area contributed by atoms with E-state index in [-0.39, 0.29) is 6.04 Å². The fraction of sp³-hybridized carbons (Fsp3) is 0.714. The summed E-state index contributed by atoms with van der Waals surface area (Å²) >= 11 is 6.35. The fourth-order valence-corrected chi connectivity index (χ4v) is 2.60. The van der Waals surface area contributed by atoms with Gasteiger partial charge in [-0.2, -0.15) is 0 Å². The molecule has 0 amide bonds. The summed E-state index contributed by atoms with van der Waals surface area (Å²) in [6, 6.07) is 0.197. The molecule has 0 saturated carbocycles. The highest BCUT2D eigenvalue weighted by Crippen LogP contribution is 2.37. The standard InChI is InChI=1S/C14H22ClN3/c1-9(18(4)5)13-16-11-6-7-14(2,3)8-10(11)12(15)17-13/h9H,6-8H2,1-5H3. The Morgan fingerprint density at radius 3 is 2.56 bits per heavy atom. The third-order valence-electron chi connectivity index (χ3n) is 3.90. The third-order valence-corrected chi connectivity index (χ3v) is 4.21. The van der Waals surface area contributed by atoms with Crippen LogP contribution in [0.25, 0.3) is 0 Å². The molecule has 2 rings (SSSR count). The van der Waals surface area contributed by atoms with Gasteiger partial charge in [0.1, 0.15) is 11.0 Å². The van der Waals surface area contributed by atoms with Crippen LogP contribution in [-0.4, -0.2) is 29.0 Å². The van der Waals surface area contributed by atoms with Crippen LogP contribution in [0.5, 0.6) is 0 Å². The molecular weight excluding hydrogens is 246 g/mol. The van der Waals surface area contributed by atoms with Crippen LogP contribution < -0.4 is 0 Å². The molecule has 1 atom stereocenters. The van der Waals surface area contributed by atoms with Crippen molar-refractivity contribution in [3.05, 3.63) is 22.2 Å².